The van der Waals surface area contributed by atoms with Crippen LogP contribution in [-0.4, -0.2) is 41.3 Å². The molecule has 0 spiro atoms. The van der Waals surface area contributed by atoms with Crippen LogP contribution >= 0.6 is 11.8 Å². The van der Waals surface area contributed by atoms with Crippen LogP contribution in [0.5, 0.6) is 0 Å². The molecule has 78 valence electrons. The molecule has 0 aromatic carbocycles. The normalized spacial score (nSPS) is 15.3. The second-order valence-corrected chi connectivity index (χ2v) is 3.91. The van der Waals surface area contributed by atoms with Gasteiger partial charge in [0.25, 0.3) is 0 Å². The van der Waals surface area contributed by atoms with E-state index in [0.29, 0.717) is 5.75 Å². The Kier molecular flexibility index (Phi) is 6.97. The number of carboxylic acids is 1. The van der Waals surface area contributed by atoms with Gasteiger partial charge in [0.05, 0.1) is 6.17 Å². The topological polar surface area (TPSA) is 101 Å². The molecule has 0 saturated heterocycles. The highest BCUT2D eigenvalue weighted by Crippen LogP contribution is 2.00. The van der Waals surface area contributed by atoms with Gasteiger partial charge in [0.2, 0.25) is 0 Å². The third-order valence-electron chi connectivity index (χ3n) is 1.33. The number of carboxylic acid groups (broad SMARTS) is 1. The maximum absolute atomic E-state index is 10.3. The largest absolute Gasteiger partial charge is 0.480 e. The van der Waals surface area contributed by atoms with Crippen molar-refractivity contribution >= 4 is 17.7 Å². The lowest BCUT2D eigenvalue weighted by molar-refractivity contribution is -0.137. The van der Waals surface area contributed by atoms with Crippen LogP contribution in [0.2, 0.25) is 0 Å². The molecule has 13 heavy (non-hydrogen) atoms. The Balaban J connectivity index is 3.21. The highest BCUT2D eigenvalue weighted by molar-refractivity contribution is 7.99. The van der Waals surface area contributed by atoms with Gasteiger partial charge in [-0.3, -0.25) is 4.79 Å². The second-order valence-electron chi connectivity index (χ2n) is 2.76. The smallest absolute Gasteiger partial charge is 0.321 e. The molecule has 0 aromatic heterocycles. The average molecular weight is 207 g/mol. The predicted molar refractivity (Wildman–Crippen MR) is 54.6 cm³/mol. The van der Waals surface area contributed by atoms with Crippen molar-refractivity contribution in [1.29, 1.82) is 0 Å². The molecule has 0 heterocycles. The maximum Gasteiger partial charge on any atom is 0.321 e. The summed E-state index contributed by atoms with van der Waals surface area (Å²) in [5.41, 5.74) is 10.7. The Bertz CT molecular complexity index is 155. The van der Waals surface area contributed by atoms with Gasteiger partial charge < -0.3 is 21.9 Å². The summed E-state index contributed by atoms with van der Waals surface area (Å²) in [5, 5.41) is 11.5. The minimum atomic E-state index is -0.951. The fraction of sp³-hybridized carbons (Fsp3) is 0.857. The molecule has 5 nitrogen and oxygen atoms in total. The van der Waals surface area contributed by atoms with E-state index in [0.717, 1.165) is 12.3 Å². The molecule has 0 aromatic rings. The fourth-order valence-electron chi connectivity index (χ4n) is 0.640. The third kappa shape index (κ3) is 8.04. The number of nitrogens with one attached hydrogen (secondary N) is 1. The van der Waals surface area contributed by atoms with E-state index in [-0.39, 0.29) is 6.17 Å². The van der Waals surface area contributed by atoms with Crippen LogP contribution < -0.4 is 16.8 Å². The van der Waals surface area contributed by atoms with Crippen molar-refractivity contribution in [1.82, 2.24) is 5.32 Å². The average Bonchev–Trinajstić information content (AvgIpc) is 2.02. The predicted octanol–water partition coefficient (Wildman–Crippen LogP) is -0.974. The molecule has 2 atom stereocenters. The highest BCUT2D eigenvalue weighted by Gasteiger charge is 2.10. The van der Waals surface area contributed by atoms with Gasteiger partial charge in [-0.15, -0.1) is 0 Å². The first-order valence-corrected chi connectivity index (χ1v) is 5.24. The Morgan fingerprint density at radius 1 is 1.62 bits per heavy atom. The van der Waals surface area contributed by atoms with Crippen molar-refractivity contribution in [2.45, 2.75) is 19.1 Å². The van der Waals surface area contributed by atoms with E-state index >= 15 is 0 Å². The van der Waals surface area contributed by atoms with Crippen LogP contribution in [0.4, 0.5) is 0 Å². The van der Waals surface area contributed by atoms with Crippen LogP contribution in [0.25, 0.3) is 0 Å². The third-order valence-corrected chi connectivity index (χ3v) is 2.41. The first kappa shape index (κ1) is 12.7. The number of nitrogens with two attached hydrogens (primary N) is 2. The lowest BCUT2D eigenvalue weighted by Gasteiger charge is -2.08. The van der Waals surface area contributed by atoms with Gasteiger partial charge in [-0.25, -0.2) is 0 Å². The number of rotatable bonds is 7. The monoisotopic (exact) mass is 207 g/mol. The molecule has 0 saturated carbocycles. The zero-order chi connectivity index (χ0) is 10.3. The van der Waals surface area contributed by atoms with E-state index in [1.54, 1.807) is 0 Å². The zero-order valence-electron chi connectivity index (χ0n) is 7.69. The SMILES string of the molecule is CC(N)NCCSCC(N)C(=O)O. The van der Waals surface area contributed by atoms with E-state index in [1.807, 2.05) is 6.92 Å². The van der Waals surface area contributed by atoms with Crippen molar-refractivity contribution in [3.05, 3.63) is 0 Å². The second kappa shape index (κ2) is 7.14. The summed E-state index contributed by atoms with van der Waals surface area (Å²) in [6, 6.07) is -0.764. The standard InChI is InChI=1S/C7H17N3O2S/c1-5(8)10-2-3-13-4-6(9)7(11)12/h5-6,10H,2-4,8-9H2,1H3,(H,11,12). The molecular formula is C7H17N3O2S. The van der Waals surface area contributed by atoms with Crippen molar-refractivity contribution in [2.75, 3.05) is 18.1 Å². The quantitative estimate of drug-likeness (QED) is 0.316. The summed E-state index contributed by atoms with van der Waals surface area (Å²) in [4.78, 5) is 10.3. The van der Waals surface area contributed by atoms with Crippen molar-refractivity contribution in [3.63, 3.8) is 0 Å². The Morgan fingerprint density at radius 3 is 2.69 bits per heavy atom. The van der Waals surface area contributed by atoms with Crippen molar-refractivity contribution in [3.8, 4) is 0 Å². The van der Waals surface area contributed by atoms with Crippen LogP contribution in [0.1, 0.15) is 6.92 Å². The van der Waals surface area contributed by atoms with Crippen LogP contribution in [0.3, 0.4) is 0 Å². The maximum atomic E-state index is 10.3. The molecule has 0 fully saturated rings. The van der Waals surface area contributed by atoms with Gasteiger partial charge in [0, 0.05) is 18.1 Å². The molecule has 0 amide bonds. The van der Waals surface area contributed by atoms with E-state index in [1.165, 1.54) is 11.8 Å². The number of aliphatic carboxylic acids is 1. The summed E-state index contributed by atoms with van der Waals surface area (Å²) < 4.78 is 0. The Labute approximate surface area is 82.2 Å². The molecule has 0 bridgehead atoms. The molecule has 0 aliphatic heterocycles. The van der Waals surface area contributed by atoms with Gasteiger partial charge >= 0.3 is 5.97 Å². The van der Waals surface area contributed by atoms with Crippen molar-refractivity contribution in [2.24, 2.45) is 11.5 Å². The number of carbonyl (C=O) groups is 1. The van der Waals surface area contributed by atoms with Crippen LogP contribution in [0.15, 0.2) is 0 Å². The minimum absolute atomic E-state index is 0.0197. The lowest BCUT2D eigenvalue weighted by atomic mass is 10.4. The van der Waals surface area contributed by atoms with Crippen molar-refractivity contribution < 1.29 is 9.90 Å². The molecule has 2 unspecified atom stereocenters. The van der Waals surface area contributed by atoms with Gasteiger partial charge in [-0.2, -0.15) is 11.8 Å². The van der Waals surface area contributed by atoms with Gasteiger partial charge in [-0.05, 0) is 6.92 Å². The van der Waals surface area contributed by atoms with Crippen LogP contribution in [0, 0.1) is 0 Å². The molecule has 0 aliphatic carbocycles. The number of hydrogen-bond donors (Lipinski definition) is 4. The molecule has 6 heteroatoms. The minimum Gasteiger partial charge on any atom is -0.480 e. The molecule has 6 N–H and O–H groups in total. The molecule has 0 rings (SSSR count). The van der Waals surface area contributed by atoms with E-state index < -0.39 is 12.0 Å². The zero-order valence-corrected chi connectivity index (χ0v) is 8.51. The lowest BCUT2D eigenvalue weighted by Crippen LogP contribution is -2.36. The van der Waals surface area contributed by atoms with Gasteiger partial charge in [0.15, 0.2) is 0 Å². The summed E-state index contributed by atoms with van der Waals surface area (Å²) in [6.07, 6.45) is -0.0197. The van der Waals surface area contributed by atoms with E-state index in [9.17, 15) is 4.79 Å². The Morgan fingerprint density at radius 2 is 2.23 bits per heavy atom. The molecule has 0 radical (unpaired) electrons. The summed E-state index contributed by atoms with van der Waals surface area (Å²) in [7, 11) is 0. The first-order valence-electron chi connectivity index (χ1n) is 4.09. The highest BCUT2D eigenvalue weighted by atomic mass is 32.2. The number of hydrogen-bond acceptors (Lipinski definition) is 5. The van der Waals surface area contributed by atoms with Gasteiger partial charge in [0.1, 0.15) is 6.04 Å². The summed E-state index contributed by atoms with van der Waals surface area (Å²) in [5.74, 6) is 0.311. The molecular weight excluding hydrogens is 190 g/mol. The Hall–Kier alpha value is -0.300. The van der Waals surface area contributed by atoms with E-state index in [4.69, 9.17) is 16.6 Å². The first-order chi connectivity index (χ1) is 6.04. The van der Waals surface area contributed by atoms with Crippen LogP contribution in [-0.2, 0) is 4.79 Å². The summed E-state index contributed by atoms with van der Waals surface area (Å²) >= 11 is 1.51. The van der Waals surface area contributed by atoms with E-state index in [2.05, 4.69) is 5.32 Å². The summed E-state index contributed by atoms with van der Waals surface area (Å²) in [6.45, 7) is 2.63. The fourth-order valence-corrected chi connectivity index (χ4v) is 1.47. The molecule has 0 aliphatic rings. The van der Waals surface area contributed by atoms with Gasteiger partial charge in [-0.1, -0.05) is 0 Å². The number of thioether (sulfide) groups is 1.